The summed E-state index contributed by atoms with van der Waals surface area (Å²) in [6.07, 6.45) is 4.49. The number of rotatable bonds is 13. The number of ether oxygens (including phenoxy) is 2. The van der Waals surface area contributed by atoms with E-state index >= 15 is 0 Å². The Morgan fingerprint density at radius 1 is 0.635 bits per heavy atom. The van der Waals surface area contributed by atoms with Gasteiger partial charge in [-0.25, -0.2) is 0 Å². The van der Waals surface area contributed by atoms with Gasteiger partial charge in [0.25, 0.3) is 0 Å². The number of carbonyl (C=O) groups excluding carboxylic acids is 2. The van der Waals surface area contributed by atoms with Crippen molar-refractivity contribution in [2.75, 3.05) is 0 Å². The molecule has 4 rings (SSSR count). The van der Waals surface area contributed by atoms with Crippen LogP contribution in [0, 0.1) is 36.5 Å². The van der Waals surface area contributed by atoms with Gasteiger partial charge in [-0.1, -0.05) is 79.4 Å². The van der Waals surface area contributed by atoms with Crippen LogP contribution < -0.4 is 9.47 Å². The Balaban J connectivity index is 2.32. The molecule has 0 aliphatic heterocycles. The van der Waals surface area contributed by atoms with Crippen LogP contribution in [0.5, 0.6) is 34.5 Å². The Hall–Kier alpha value is -5.48. The Bertz CT molecular complexity index is 2000. The minimum atomic E-state index is -0.664. The van der Waals surface area contributed by atoms with Crippen molar-refractivity contribution < 1.29 is 39.5 Å². The molecule has 10 nitrogen and oxygen atoms in total. The van der Waals surface area contributed by atoms with Crippen molar-refractivity contribution in [2.24, 2.45) is 0 Å². The zero-order valence-electron chi connectivity index (χ0n) is 31.3. The van der Waals surface area contributed by atoms with Crippen LogP contribution in [0.2, 0.25) is 0 Å². The van der Waals surface area contributed by atoms with Gasteiger partial charge in [0.2, 0.25) is 0 Å². The molecular formula is C42H48N2O8. The fourth-order valence-corrected chi connectivity index (χ4v) is 7.06. The standard InChI is InChI=1S/C42H48N2O8/c1-9-11-13-15-29(45)51-41-33(23(7)17-25-31(21(3)4)39(49)37(47)27(19-43)35(25)41)34-24(8)18-26-32(22(5)6)40(50)38(48)28(20-44)36(26)42(34)52-30(46)16-14-12-10-2/h17-18,21-22,47-50H,9-16H2,1-8H3. The Labute approximate surface area is 304 Å². The lowest BCUT2D eigenvalue weighted by Gasteiger charge is -2.25. The van der Waals surface area contributed by atoms with E-state index in [0.717, 1.165) is 25.7 Å². The molecule has 52 heavy (non-hydrogen) atoms. The zero-order valence-corrected chi connectivity index (χ0v) is 31.3. The third-order valence-electron chi connectivity index (χ3n) is 9.50. The monoisotopic (exact) mass is 708 g/mol. The largest absolute Gasteiger partial charge is 0.504 e. The predicted molar refractivity (Wildman–Crippen MR) is 200 cm³/mol. The molecule has 0 saturated heterocycles. The summed E-state index contributed by atoms with van der Waals surface area (Å²) in [5.74, 6) is -4.24. The van der Waals surface area contributed by atoms with Crippen molar-refractivity contribution >= 4 is 33.5 Å². The van der Waals surface area contributed by atoms with Gasteiger partial charge in [0.05, 0.1) is 0 Å². The molecule has 0 aromatic heterocycles. The molecular weight excluding hydrogens is 660 g/mol. The molecule has 0 bridgehead atoms. The Morgan fingerprint density at radius 2 is 0.981 bits per heavy atom. The van der Waals surface area contributed by atoms with Crippen LogP contribution in [0.3, 0.4) is 0 Å². The van der Waals surface area contributed by atoms with E-state index in [-0.39, 0.29) is 69.2 Å². The van der Waals surface area contributed by atoms with Gasteiger partial charge in [-0.05, 0) is 60.4 Å². The molecule has 4 N–H and O–H groups in total. The predicted octanol–water partition coefficient (Wildman–Crippen LogP) is 10.1. The first-order chi connectivity index (χ1) is 24.7. The summed E-state index contributed by atoms with van der Waals surface area (Å²) in [7, 11) is 0. The summed E-state index contributed by atoms with van der Waals surface area (Å²) in [6, 6.07) is 7.43. The first-order valence-corrected chi connectivity index (χ1v) is 18.0. The average molecular weight is 709 g/mol. The number of phenolic OH excluding ortho intramolecular Hbond substituents is 4. The van der Waals surface area contributed by atoms with Crippen molar-refractivity contribution in [3.8, 4) is 57.8 Å². The van der Waals surface area contributed by atoms with Crippen molar-refractivity contribution in [3.05, 3.63) is 45.5 Å². The van der Waals surface area contributed by atoms with Gasteiger partial charge in [-0.3, -0.25) is 9.59 Å². The highest BCUT2D eigenvalue weighted by molar-refractivity contribution is 6.11. The van der Waals surface area contributed by atoms with E-state index in [9.17, 15) is 40.5 Å². The van der Waals surface area contributed by atoms with Gasteiger partial charge < -0.3 is 29.9 Å². The second-order valence-electron chi connectivity index (χ2n) is 14.0. The van der Waals surface area contributed by atoms with Crippen LogP contribution >= 0.6 is 0 Å². The van der Waals surface area contributed by atoms with E-state index < -0.39 is 34.9 Å². The minimum absolute atomic E-state index is 0.0607. The molecule has 0 radical (unpaired) electrons. The second kappa shape index (κ2) is 16.2. The van der Waals surface area contributed by atoms with Crippen molar-refractivity contribution in [1.29, 1.82) is 10.5 Å². The van der Waals surface area contributed by atoms with E-state index in [1.54, 1.807) is 26.0 Å². The molecule has 0 heterocycles. The van der Waals surface area contributed by atoms with Gasteiger partial charge in [-0.15, -0.1) is 0 Å². The van der Waals surface area contributed by atoms with Gasteiger partial charge in [-0.2, -0.15) is 10.5 Å². The molecule has 274 valence electrons. The van der Waals surface area contributed by atoms with Crippen LogP contribution in [0.25, 0.3) is 32.7 Å². The van der Waals surface area contributed by atoms with Gasteiger partial charge in [0.15, 0.2) is 23.0 Å². The molecule has 0 saturated carbocycles. The molecule has 10 heteroatoms. The topological polar surface area (TPSA) is 181 Å². The number of nitriles is 2. The number of aromatic hydroxyl groups is 4. The maximum absolute atomic E-state index is 13.6. The first-order valence-electron chi connectivity index (χ1n) is 18.0. The first kappa shape index (κ1) is 39.3. The maximum Gasteiger partial charge on any atom is 0.311 e. The minimum Gasteiger partial charge on any atom is -0.504 e. The fourth-order valence-electron chi connectivity index (χ4n) is 7.06. The maximum atomic E-state index is 13.6. The lowest BCUT2D eigenvalue weighted by atomic mass is 9.83. The number of phenols is 4. The molecule has 4 aromatic carbocycles. The summed E-state index contributed by atoms with van der Waals surface area (Å²) in [6.45, 7) is 14.8. The Kier molecular flexibility index (Phi) is 12.3. The number of esters is 2. The number of hydrogen-bond acceptors (Lipinski definition) is 10. The molecule has 0 spiro atoms. The summed E-state index contributed by atoms with van der Waals surface area (Å²) < 4.78 is 12.4. The molecule has 0 aliphatic carbocycles. The molecule has 0 amide bonds. The quantitative estimate of drug-likeness (QED) is 0.0451. The lowest BCUT2D eigenvalue weighted by Crippen LogP contribution is -2.13. The molecule has 0 atom stereocenters. The second-order valence-corrected chi connectivity index (χ2v) is 14.0. The van der Waals surface area contributed by atoms with E-state index in [2.05, 4.69) is 0 Å². The number of hydrogen-bond donors (Lipinski definition) is 4. The average Bonchev–Trinajstić information content (AvgIpc) is 3.07. The highest BCUT2D eigenvalue weighted by Gasteiger charge is 2.33. The van der Waals surface area contributed by atoms with E-state index in [1.165, 1.54) is 0 Å². The lowest BCUT2D eigenvalue weighted by molar-refractivity contribution is -0.135. The molecule has 4 aromatic rings. The third kappa shape index (κ3) is 7.16. The highest BCUT2D eigenvalue weighted by Crippen LogP contribution is 2.55. The zero-order chi connectivity index (χ0) is 38.6. The van der Waals surface area contributed by atoms with E-state index in [0.29, 0.717) is 45.9 Å². The molecule has 0 unspecified atom stereocenters. The van der Waals surface area contributed by atoms with Crippen molar-refractivity contribution in [3.63, 3.8) is 0 Å². The number of fused-ring (bicyclic) bond motifs is 2. The van der Waals surface area contributed by atoms with Gasteiger partial charge >= 0.3 is 11.9 Å². The Morgan fingerprint density at radius 3 is 1.27 bits per heavy atom. The molecule has 0 fully saturated rings. The summed E-state index contributed by atoms with van der Waals surface area (Å²) in [4.78, 5) is 27.2. The molecule has 0 aliphatic rings. The van der Waals surface area contributed by atoms with Crippen LogP contribution in [0.15, 0.2) is 12.1 Å². The summed E-state index contributed by atoms with van der Waals surface area (Å²) in [5, 5.41) is 66.3. The van der Waals surface area contributed by atoms with Crippen LogP contribution in [-0.4, -0.2) is 32.4 Å². The third-order valence-corrected chi connectivity index (χ3v) is 9.50. The van der Waals surface area contributed by atoms with Gasteiger partial charge in [0.1, 0.15) is 34.8 Å². The smallest absolute Gasteiger partial charge is 0.311 e. The number of aryl methyl sites for hydroxylation is 2. The van der Waals surface area contributed by atoms with E-state index in [4.69, 9.17) is 9.47 Å². The van der Waals surface area contributed by atoms with Crippen LogP contribution in [0.4, 0.5) is 0 Å². The SMILES string of the molecule is CCCCCC(=O)Oc1c(-c2c(C)cc3c(C(C)C)c(O)c(O)c(C#N)c3c2OC(=O)CCCCC)c(C)cc2c(C(C)C)c(O)c(O)c(C#N)c12. The van der Waals surface area contributed by atoms with Crippen LogP contribution in [-0.2, 0) is 9.59 Å². The van der Waals surface area contributed by atoms with E-state index in [1.807, 2.05) is 53.7 Å². The summed E-state index contributed by atoms with van der Waals surface area (Å²) in [5.41, 5.74) is 1.60. The normalized spacial score (nSPS) is 11.3. The van der Waals surface area contributed by atoms with Gasteiger partial charge in [0, 0.05) is 45.9 Å². The van der Waals surface area contributed by atoms with Crippen molar-refractivity contribution in [1.82, 2.24) is 0 Å². The highest BCUT2D eigenvalue weighted by atomic mass is 16.5. The fraction of sp³-hybridized carbons (Fsp3) is 0.429. The number of carbonyl (C=O) groups is 2. The number of nitrogens with zero attached hydrogens (tertiary/aromatic N) is 2. The summed E-state index contributed by atoms with van der Waals surface area (Å²) >= 11 is 0. The number of unbranched alkanes of at least 4 members (excludes halogenated alkanes) is 4. The van der Waals surface area contributed by atoms with Crippen LogP contribution in [0.1, 0.15) is 138 Å². The van der Waals surface area contributed by atoms with Crippen molar-refractivity contribution in [2.45, 2.75) is 119 Å². The number of benzene rings is 4.